The molecule has 4 nitrogen and oxygen atoms in total. The molecule has 5 heteroatoms. The zero-order valence-electron chi connectivity index (χ0n) is 9.36. The SMILES string of the molecule is COC(=O)c1cc(-c2ccc(F)nc2)oc1C. The molecule has 2 aromatic heterocycles. The first kappa shape index (κ1) is 11.3. The lowest BCUT2D eigenvalue weighted by Crippen LogP contribution is -2.00. The highest BCUT2D eigenvalue weighted by molar-refractivity contribution is 5.91. The van der Waals surface area contributed by atoms with Crippen LogP contribution in [0.5, 0.6) is 0 Å². The van der Waals surface area contributed by atoms with Crippen LogP contribution in [0.25, 0.3) is 11.3 Å². The topological polar surface area (TPSA) is 52.3 Å². The van der Waals surface area contributed by atoms with Crippen LogP contribution in [0.4, 0.5) is 4.39 Å². The third-order valence-electron chi connectivity index (χ3n) is 2.33. The molecule has 0 spiro atoms. The minimum atomic E-state index is -0.565. The van der Waals surface area contributed by atoms with E-state index in [1.165, 1.54) is 25.4 Å². The maximum atomic E-state index is 12.7. The molecule has 0 radical (unpaired) electrons. The van der Waals surface area contributed by atoms with Crippen LogP contribution in [0.3, 0.4) is 0 Å². The van der Waals surface area contributed by atoms with Crippen molar-refractivity contribution in [1.82, 2.24) is 4.98 Å². The smallest absolute Gasteiger partial charge is 0.341 e. The fourth-order valence-electron chi connectivity index (χ4n) is 1.46. The van der Waals surface area contributed by atoms with E-state index in [1.54, 1.807) is 13.0 Å². The van der Waals surface area contributed by atoms with Crippen molar-refractivity contribution in [2.75, 3.05) is 7.11 Å². The third kappa shape index (κ3) is 2.18. The average molecular weight is 235 g/mol. The van der Waals surface area contributed by atoms with E-state index in [2.05, 4.69) is 9.72 Å². The van der Waals surface area contributed by atoms with Crippen molar-refractivity contribution in [2.24, 2.45) is 0 Å². The van der Waals surface area contributed by atoms with Crippen LogP contribution in [0.2, 0.25) is 0 Å². The fourth-order valence-corrected chi connectivity index (χ4v) is 1.46. The van der Waals surface area contributed by atoms with E-state index in [0.717, 1.165) is 0 Å². The van der Waals surface area contributed by atoms with Gasteiger partial charge in [-0.15, -0.1) is 0 Å². The molecule has 17 heavy (non-hydrogen) atoms. The Morgan fingerprint density at radius 1 is 1.47 bits per heavy atom. The number of ether oxygens (including phenoxy) is 1. The van der Waals surface area contributed by atoms with Gasteiger partial charge in [0, 0.05) is 11.8 Å². The summed E-state index contributed by atoms with van der Waals surface area (Å²) in [5.74, 6) is -0.121. The highest BCUT2D eigenvalue weighted by atomic mass is 19.1. The van der Waals surface area contributed by atoms with E-state index in [1.807, 2.05) is 0 Å². The van der Waals surface area contributed by atoms with E-state index >= 15 is 0 Å². The number of methoxy groups -OCH3 is 1. The number of aromatic nitrogens is 1. The van der Waals surface area contributed by atoms with Crippen LogP contribution in [-0.4, -0.2) is 18.1 Å². The van der Waals surface area contributed by atoms with Crippen LogP contribution in [0, 0.1) is 12.9 Å². The highest BCUT2D eigenvalue weighted by Crippen LogP contribution is 2.25. The van der Waals surface area contributed by atoms with Gasteiger partial charge in [0.2, 0.25) is 5.95 Å². The Hall–Kier alpha value is -2.17. The van der Waals surface area contributed by atoms with Gasteiger partial charge in [0.1, 0.15) is 17.1 Å². The molecule has 0 unspecified atom stereocenters. The predicted octanol–water partition coefficient (Wildman–Crippen LogP) is 2.58. The van der Waals surface area contributed by atoms with E-state index in [4.69, 9.17) is 4.42 Å². The number of carbonyl (C=O) groups excluding carboxylic acids is 1. The number of esters is 1. The molecule has 0 saturated heterocycles. The van der Waals surface area contributed by atoms with Crippen molar-refractivity contribution in [2.45, 2.75) is 6.92 Å². The van der Waals surface area contributed by atoms with Gasteiger partial charge in [0.15, 0.2) is 0 Å². The number of nitrogens with zero attached hydrogens (tertiary/aromatic N) is 1. The van der Waals surface area contributed by atoms with Crippen molar-refractivity contribution < 1.29 is 18.3 Å². The first-order valence-electron chi connectivity index (χ1n) is 4.92. The number of aryl methyl sites for hydroxylation is 1. The number of hydrogen-bond acceptors (Lipinski definition) is 4. The Morgan fingerprint density at radius 3 is 2.82 bits per heavy atom. The molecule has 2 rings (SSSR count). The average Bonchev–Trinajstić information content (AvgIpc) is 2.71. The lowest BCUT2D eigenvalue weighted by molar-refractivity contribution is 0.0599. The van der Waals surface area contributed by atoms with Gasteiger partial charge in [0.05, 0.1) is 7.11 Å². The normalized spacial score (nSPS) is 10.3. The lowest BCUT2D eigenvalue weighted by atomic mass is 10.2. The van der Waals surface area contributed by atoms with Crippen molar-refractivity contribution in [3.8, 4) is 11.3 Å². The summed E-state index contributed by atoms with van der Waals surface area (Å²) in [6.07, 6.45) is 1.34. The summed E-state index contributed by atoms with van der Waals surface area (Å²) in [7, 11) is 1.30. The zero-order valence-corrected chi connectivity index (χ0v) is 9.36. The molecular formula is C12H10FNO3. The number of pyridine rings is 1. The summed E-state index contributed by atoms with van der Waals surface area (Å²) in [6, 6.07) is 4.31. The molecule has 0 amide bonds. The summed E-state index contributed by atoms with van der Waals surface area (Å²) in [5, 5.41) is 0. The Balaban J connectivity index is 2.41. The molecule has 0 atom stereocenters. The van der Waals surface area contributed by atoms with Gasteiger partial charge in [-0.1, -0.05) is 0 Å². The molecule has 88 valence electrons. The Labute approximate surface area is 97.0 Å². The number of rotatable bonds is 2. The zero-order chi connectivity index (χ0) is 12.4. The molecule has 0 N–H and O–H groups in total. The van der Waals surface area contributed by atoms with Gasteiger partial charge in [-0.3, -0.25) is 0 Å². The van der Waals surface area contributed by atoms with Crippen LogP contribution in [0.15, 0.2) is 28.8 Å². The molecule has 0 aliphatic carbocycles. The van der Waals surface area contributed by atoms with Crippen LogP contribution in [-0.2, 0) is 4.74 Å². The van der Waals surface area contributed by atoms with Crippen LogP contribution < -0.4 is 0 Å². The summed E-state index contributed by atoms with van der Waals surface area (Å²) in [4.78, 5) is 14.9. The highest BCUT2D eigenvalue weighted by Gasteiger charge is 2.16. The predicted molar refractivity (Wildman–Crippen MR) is 58.0 cm³/mol. The molecule has 0 aliphatic heterocycles. The second-order valence-corrected chi connectivity index (χ2v) is 3.44. The van der Waals surface area contributed by atoms with Gasteiger partial charge in [-0.05, 0) is 25.1 Å². The Morgan fingerprint density at radius 2 is 2.24 bits per heavy atom. The van der Waals surface area contributed by atoms with Gasteiger partial charge < -0.3 is 9.15 Å². The molecular weight excluding hydrogens is 225 g/mol. The van der Waals surface area contributed by atoms with Gasteiger partial charge in [-0.2, -0.15) is 4.39 Å². The molecule has 0 saturated carbocycles. The Kier molecular flexibility index (Phi) is 2.91. The second-order valence-electron chi connectivity index (χ2n) is 3.44. The summed E-state index contributed by atoms with van der Waals surface area (Å²) >= 11 is 0. The number of halogens is 1. The molecule has 0 fully saturated rings. The molecule has 2 heterocycles. The van der Waals surface area contributed by atoms with Gasteiger partial charge >= 0.3 is 5.97 Å². The van der Waals surface area contributed by atoms with Crippen LogP contribution >= 0.6 is 0 Å². The molecule has 0 aromatic carbocycles. The van der Waals surface area contributed by atoms with E-state index in [-0.39, 0.29) is 0 Å². The molecule has 0 bridgehead atoms. The second kappa shape index (κ2) is 4.37. The Bertz CT molecular complexity index is 545. The monoisotopic (exact) mass is 235 g/mol. The summed E-state index contributed by atoms with van der Waals surface area (Å²) < 4.78 is 22.7. The fraction of sp³-hybridized carbons (Fsp3) is 0.167. The van der Waals surface area contributed by atoms with Gasteiger partial charge in [-0.25, -0.2) is 9.78 Å². The first-order chi connectivity index (χ1) is 8.11. The standard InChI is InChI=1S/C12H10FNO3/c1-7-9(12(15)16-2)5-10(17-7)8-3-4-11(13)14-6-8/h3-6H,1-2H3. The molecule has 0 aliphatic rings. The van der Waals surface area contributed by atoms with Crippen molar-refractivity contribution >= 4 is 5.97 Å². The number of carbonyl (C=O) groups is 1. The largest absolute Gasteiger partial charge is 0.465 e. The molecule has 2 aromatic rings. The minimum Gasteiger partial charge on any atom is -0.465 e. The van der Waals surface area contributed by atoms with E-state index < -0.39 is 11.9 Å². The lowest BCUT2D eigenvalue weighted by Gasteiger charge is -1.94. The number of furan rings is 1. The third-order valence-corrected chi connectivity index (χ3v) is 2.33. The maximum Gasteiger partial charge on any atom is 0.341 e. The maximum absolute atomic E-state index is 12.7. The van der Waals surface area contributed by atoms with Crippen molar-refractivity contribution in [1.29, 1.82) is 0 Å². The summed E-state index contributed by atoms with van der Waals surface area (Å²) in [5.41, 5.74) is 0.955. The van der Waals surface area contributed by atoms with Crippen molar-refractivity contribution in [3.63, 3.8) is 0 Å². The number of hydrogen-bond donors (Lipinski definition) is 0. The first-order valence-corrected chi connectivity index (χ1v) is 4.92. The van der Waals surface area contributed by atoms with Crippen molar-refractivity contribution in [3.05, 3.63) is 41.7 Å². The quantitative estimate of drug-likeness (QED) is 0.593. The van der Waals surface area contributed by atoms with E-state index in [0.29, 0.717) is 22.6 Å². The van der Waals surface area contributed by atoms with Crippen LogP contribution in [0.1, 0.15) is 16.1 Å². The summed E-state index contributed by atoms with van der Waals surface area (Å²) in [6.45, 7) is 1.66. The minimum absolute atomic E-state index is 0.354. The van der Waals surface area contributed by atoms with Gasteiger partial charge in [0.25, 0.3) is 0 Å². The van der Waals surface area contributed by atoms with E-state index in [9.17, 15) is 9.18 Å².